The molecule has 44 heavy (non-hydrogen) atoms. The number of rotatable bonds is 11. The summed E-state index contributed by atoms with van der Waals surface area (Å²) in [5.41, 5.74) is 3.12. The number of imidazole rings is 1. The quantitative estimate of drug-likeness (QED) is 0.194. The maximum Gasteiger partial charge on any atom is 0.335 e. The smallest absolute Gasteiger partial charge is 0.335 e. The zero-order valence-electron chi connectivity index (χ0n) is 23.7. The molecule has 6 rings (SSSR count). The maximum atomic E-state index is 15.4. The minimum atomic E-state index is -1.07. The second-order valence-electron chi connectivity index (χ2n) is 10.0. The average molecular weight is 596 g/mol. The second kappa shape index (κ2) is 12.4. The molecule has 0 unspecified atom stereocenters. The summed E-state index contributed by atoms with van der Waals surface area (Å²) in [6, 6.07) is 23.2. The molecule has 0 saturated carbocycles. The van der Waals surface area contributed by atoms with Crippen molar-refractivity contribution in [2.75, 3.05) is 13.7 Å². The van der Waals surface area contributed by atoms with Gasteiger partial charge in [0.25, 0.3) is 0 Å². The number of halogens is 2. The van der Waals surface area contributed by atoms with Gasteiger partial charge in [-0.2, -0.15) is 5.10 Å². The summed E-state index contributed by atoms with van der Waals surface area (Å²) in [4.78, 5) is 20.5. The van der Waals surface area contributed by atoms with E-state index in [1.54, 1.807) is 40.6 Å². The standard InChI is InChI=1S/C33H27F2N5O4/c1-43-15-14-39-30-17-21(33(41)42)10-11-29(30)36-31(39)18-22-16-27(35)25(19-26(22)34)28-8-5-9-32(37-28)44-20-23-12-13-40(38-23)24-6-3-2-4-7-24/h2-13,16-17,19H,14-15,18,20H2,1H3,(H,41,42). The van der Waals surface area contributed by atoms with Crippen LogP contribution in [-0.4, -0.2) is 49.1 Å². The number of ether oxygens (including phenoxy) is 2. The van der Waals surface area contributed by atoms with Gasteiger partial charge in [0.2, 0.25) is 5.88 Å². The molecule has 6 aromatic rings. The number of hydrogen-bond acceptors (Lipinski definition) is 6. The van der Waals surface area contributed by atoms with Crippen molar-refractivity contribution in [2.45, 2.75) is 19.6 Å². The van der Waals surface area contributed by atoms with Crippen molar-refractivity contribution < 1.29 is 28.2 Å². The number of fused-ring (bicyclic) bond motifs is 1. The molecule has 0 aliphatic heterocycles. The van der Waals surface area contributed by atoms with E-state index in [-0.39, 0.29) is 41.3 Å². The van der Waals surface area contributed by atoms with E-state index < -0.39 is 17.6 Å². The van der Waals surface area contributed by atoms with Crippen LogP contribution >= 0.6 is 0 Å². The zero-order chi connectivity index (χ0) is 30.6. The summed E-state index contributed by atoms with van der Waals surface area (Å²) >= 11 is 0. The molecule has 11 heteroatoms. The van der Waals surface area contributed by atoms with Crippen LogP contribution in [0.25, 0.3) is 28.0 Å². The van der Waals surface area contributed by atoms with Crippen LogP contribution < -0.4 is 4.74 Å². The van der Waals surface area contributed by atoms with Crippen LogP contribution in [0.2, 0.25) is 0 Å². The first-order valence-electron chi connectivity index (χ1n) is 13.8. The molecule has 0 radical (unpaired) electrons. The van der Waals surface area contributed by atoms with E-state index >= 15 is 8.78 Å². The Kier molecular flexibility index (Phi) is 8.11. The van der Waals surface area contributed by atoms with Gasteiger partial charge in [-0.3, -0.25) is 0 Å². The molecule has 0 aliphatic rings. The molecule has 0 bridgehead atoms. The van der Waals surface area contributed by atoms with Gasteiger partial charge in [-0.05, 0) is 60.2 Å². The molecule has 0 atom stereocenters. The molecular weight excluding hydrogens is 568 g/mol. The van der Waals surface area contributed by atoms with Gasteiger partial charge in [0.15, 0.2) is 0 Å². The van der Waals surface area contributed by atoms with E-state index in [1.165, 1.54) is 12.1 Å². The number of para-hydroxylation sites is 1. The summed E-state index contributed by atoms with van der Waals surface area (Å²) in [7, 11) is 1.54. The van der Waals surface area contributed by atoms with E-state index in [9.17, 15) is 9.90 Å². The number of pyridine rings is 1. The van der Waals surface area contributed by atoms with Crippen LogP contribution in [-0.2, 0) is 24.3 Å². The lowest BCUT2D eigenvalue weighted by molar-refractivity contribution is 0.0697. The van der Waals surface area contributed by atoms with Gasteiger partial charge in [0.05, 0.1) is 34.6 Å². The molecule has 0 aliphatic carbocycles. The van der Waals surface area contributed by atoms with Crippen LogP contribution in [0.15, 0.2) is 91.1 Å². The van der Waals surface area contributed by atoms with Crippen LogP contribution in [0.4, 0.5) is 8.78 Å². The van der Waals surface area contributed by atoms with Crippen LogP contribution in [0, 0.1) is 11.6 Å². The molecule has 3 aromatic heterocycles. The van der Waals surface area contributed by atoms with Gasteiger partial charge >= 0.3 is 5.97 Å². The molecule has 0 spiro atoms. The highest BCUT2D eigenvalue weighted by molar-refractivity contribution is 5.92. The fourth-order valence-electron chi connectivity index (χ4n) is 4.92. The molecule has 9 nitrogen and oxygen atoms in total. The molecule has 1 N–H and O–H groups in total. The van der Waals surface area contributed by atoms with Gasteiger partial charge in [-0.15, -0.1) is 0 Å². The minimum absolute atomic E-state index is 0.0101. The highest BCUT2D eigenvalue weighted by Gasteiger charge is 2.18. The van der Waals surface area contributed by atoms with Crippen molar-refractivity contribution in [1.29, 1.82) is 0 Å². The SMILES string of the molecule is COCCn1c(Cc2cc(F)c(-c3cccc(OCc4ccn(-c5ccccc5)n4)n3)cc2F)nc2ccc(C(=O)O)cc21. The second-order valence-corrected chi connectivity index (χ2v) is 10.0. The zero-order valence-corrected chi connectivity index (χ0v) is 23.7. The third-order valence-electron chi connectivity index (χ3n) is 7.11. The van der Waals surface area contributed by atoms with Crippen molar-refractivity contribution in [1.82, 2.24) is 24.3 Å². The first-order chi connectivity index (χ1) is 21.4. The average Bonchev–Trinajstić information content (AvgIpc) is 3.65. The molecule has 0 saturated heterocycles. The molecule has 0 amide bonds. The summed E-state index contributed by atoms with van der Waals surface area (Å²) in [6.45, 7) is 0.825. The number of methoxy groups -OCH3 is 1. The Labute approximate surface area is 251 Å². The van der Waals surface area contributed by atoms with E-state index in [2.05, 4.69) is 15.1 Å². The highest BCUT2D eigenvalue weighted by atomic mass is 19.1. The monoisotopic (exact) mass is 595 g/mol. The van der Waals surface area contributed by atoms with Crippen molar-refractivity contribution in [3.8, 4) is 22.8 Å². The van der Waals surface area contributed by atoms with Crippen molar-refractivity contribution >= 4 is 17.0 Å². The molecule has 222 valence electrons. The summed E-state index contributed by atoms with van der Waals surface area (Å²) in [5, 5.41) is 13.9. The molecule has 3 aromatic carbocycles. The Hall–Kier alpha value is -5.42. The Morgan fingerprint density at radius 3 is 2.57 bits per heavy atom. The van der Waals surface area contributed by atoms with Gasteiger partial charge in [0.1, 0.15) is 29.8 Å². The molecule has 3 heterocycles. The molecular formula is C33H27F2N5O4. The largest absolute Gasteiger partial charge is 0.478 e. The number of carboxylic acids is 1. The first kappa shape index (κ1) is 28.7. The van der Waals surface area contributed by atoms with Gasteiger partial charge in [0, 0.05) is 37.9 Å². The van der Waals surface area contributed by atoms with Crippen LogP contribution in [0.3, 0.4) is 0 Å². The summed E-state index contributed by atoms with van der Waals surface area (Å²) < 4.78 is 45.4. The van der Waals surface area contributed by atoms with Crippen molar-refractivity contribution in [2.24, 2.45) is 0 Å². The lowest BCUT2D eigenvalue weighted by Crippen LogP contribution is -2.10. The number of aromatic nitrogens is 5. The predicted octanol–water partition coefficient (Wildman–Crippen LogP) is 6.08. The number of nitrogens with zero attached hydrogens (tertiary/aromatic N) is 5. The Balaban J connectivity index is 1.22. The van der Waals surface area contributed by atoms with E-state index in [0.29, 0.717) is 35.7 Å². The Morgan fingerprint density at radius 2 is 1.77 bits per heavy atom. The minimum Gasteiger partial charge on any atom is -0.478 e. The molecule has 0 fully saturated rings. The van der Waals surface area contributed by atoms with Gasteiger partial charge < -0.3 is 19.1 Å². The van der Waals surface area contributed by atoms with E-state index in [0.717, 1.165) is 17.8 Å². The lowest BCUT2D eigenvalue weighted by atomic mass is 10.0. The van der Waals surface area contributed by atoms with E-state index in [1.807, 2.05) is 42.6 Å². The summed E-state index contributed by atoms with van der Waals surface area (Å²) in [5.74, 6) is -1.65. The number of carbonyl (C=O) groups is 1. The number of carboxylic acid groups (broad SMARTS) is 1. The van der Waals surface area contributed by atoms with Gasteiger partial charge in [-0.1, -0.05) is 24.3 Å². The van der Waals surface area contributed by atoms with Crippen LogP contribution in [0.1, 0.15) is 27.4 Å². The predicted molar refractivity (Wildman–Crippen MR) is 159 cm³/mol. The topological polar surface area (TPSA) is 104 Å². The van der Waals surface area contributed by atoms with Gasteiger partial charge in [-0.25, -0.2) is 28.2 Å². The third-order valence-corrected chi connectivity index (χ3v) is 7.11. The Morgan fingerprint density at radius 1 is 0.932 bits per heavy atom. The third kappa shape index (κ3) is 6.04. The fraction of sp³-hybridized carbons (Fsp3) is 0.152. The van der Waals surface area contributed by atoms with Crippen molar-refractivity contribution in [3.05, 3.63) is 125 Å². The highest BCUT2D eigenvalue weighted by Crippen LogP contribution is 2.28. The number of benzene rings is 3. The first-order valence-corrected chi connectivity index (χ1v) is 13.8. The Bertz CT molecular complexity index is 1960. The van der Waals surface area contributed by atoms with E-state index in [4.69, 9.17) is 9.47 Å². The maximum absolute atomic E-state index is 15.4. The summed E-state index contributed by atoms with van der Waals surface area (Å²) in [6.07, 6.45) is 1.81. The lowest BCUT2D eigenvalue weighted by Gasteiger charge is -2.11. The normalized spacial score (nSPS) is 11.2. The number of hydrogen-bond donors (Lipinski definition) is 1. The van der Waals surface area contributed by atoms with Crippen LogP contribution in [0.5, 0.6) is 5.88 Å². The van der Waals surface area contributed by atoms with Crippen molar-refractivity contribution in [3.63, 3.8) is 0 Å². The fourth-order valence-corrected chi connectivity index (χ4v) is 4.92. The number of aromatic carboxylic acids is 1.